The number of aryl methyl sites for hydroxylation is 1. The zero-order valence-corrected chi connectivity index (χ0v) is 18.5. The number of thiazole rings is 1. The number of halogens is 1. The monoisotopic (exact) mass is 454 g/mol. The van der Waals surface area contributed by atoms with Crippen molar-refractivity contribution in [3.8, 4) is 17.5 Å². The van der Waals surface area contributed by atoms with E-state index in [1.807, 2.05) is 41.8 Å². The number of ether oxygens (including phenoxy) is 1. The van der Waals surface area contributed by atoms with E-state index in [4.69, 9.17) is 20.9 Å². The van der Waals surface area contributed by atoms with Gasteiger partial charge in [-0.15, -0.1) is 11.3 Å². The fraction of sp³-hybridized carbons (Fsp3) is 0.182. The molecule has 2 aromatic carbocycles. The van der Waals surface area contributed by atoms with Crippen LogP contribution < -0.4 is 9.64 Å². The van der Waals surface area contributed by atoms with Crippen molar-refractivity contribution in [1.29, 1.82) is 0 Å². The minimum Gasteiger partial charge on any atom is -0.442 e. The third-order valence-electron chi connectivity index (χ3n) is 4.52. The number of aromatic nitrogens is 3. The fourth-order valence-electron chi connectivity index (χ4n) is 3.06. The number of rotatable bonds is 7. The number of carbonyl (C=O) groups excluding carboxylic acids is 1. The van der Waals surface area contributed by atoms with Gasteiger partial charge in [0.05, 0.1) is 16.4 Å². The molecular weight excluding hydrogens is 436 g/mol. The van der Waals surface area contributed by atoms with Crippen molar-refractivity contribution < 1.29 is 14.1 Å². The smallest absolute Gasteiger partial charge is 0.418 e. The van der Waals surface area contributed by atoms with Gasteiger partial charge in [-0.2, -0.15) is 4.98 Å². The van der Waals surface area contributed by atoms with Crippen molar-refractivity contribution in [2.45, 2.75) is 26.9 Å². The van der Waals surface area contributed by atoms with Gasteiger partial charge in [0.15, 0.2) is 5.13 Å². The Labute approximate surface area is 188 Å². The van der Waals surface area contributed by atoms with Crippen LogP contribution >= 0.6 is 22.9 Å². The molecule has 0 spiro atoms. The van der Waals surface area contributed by atoms with E-state index < -0.39 is 0 Å². The highest BCUT2D eigenvalue weighted by atomic mass is 35.5. The van der Waals surface area contributed by atoms with Gasteiger partial charge in [0.25, 0.3) is 0 Å². The van der Waals surface area contributed by atoms with Crippen LogP contribution in [-0.2, 0) is 17.8 Å². The molecule has 0 N–H and O–H groups in total. The van der Waals surface area contributed by atoms with Gasteiger partial charge < -0.3 is 4.74 Å². The zero-order valence-electron chi connectivity index (χ0n) is 16.9. The highest BCUT2D eigenvalue weighted by Crippen LogP contribution is 2.32. The summed E-state index contributed by atoms with van der Waals surface area (Å²) in [7, 11) is 0. The zero-order chi connectivity index (χ0) is 21.8. The molecule has 2 aromatic heterocycles. The first-order chi connectivity index (χ1) is 15.1. The molecule has 0 bridgehead atoms. The van der Waals surface area contributed by atoms with Crippen LogP contribution in [0.15, 0.2) is 58.4 Å². The lowest BCUT2D eigenvalue weighted by Gasteiger charge is -2.20. The second-order valence-electron chi connectivity index (χ2n) is 6.61. The molecule has 7 nitrogen and oxygen atoms in total. The number of hydrogen-bond donors (Lipinski definition) is 0. The lowest BCUT2D eigenvalue weighted by atomic mass is 10.1. The van der Waals surface area contributed by atoms with Crippen molar-refractivity contribution in [2.75, 3.05) is 4.90 Å². The van der Waals surface area contributed by atoms with E-state index in [0.29, 0.717) is 27.2 Å². The Kier molecular flexibility index (Phi) is 6.29. The van der Waals surface area contributed by atoms with E-state index in [0.717, 1.165) is 17.7 Å². The molecule has 0 saturated carbocycles. The lowest BCUT2D eigenvalue weighted by Crippen LogP contribution is -2.23. The Hall–Kier alpha value is -3.23. The summed E-state index contributed by atoms with van der Waals surface area (Å²) in [5, 5.41) is 6.85. The standard InChI is InChI=1S/C22H19ClN4O3S/c1-3-15-8-4-7-11-19(15)27(14(2)28)21-24-16(13-31-21)12-29-22-25-20(26-30-22)17-9-5-6-10-18(17)23/h4-11,13H,3,12H2,1-2H3. The summed E-state index contributed by atoms with van der Waals surface area (Å²) in [6.45, 7) is 3.71. The molecular formula is C22H19ClN4O3S. The second kappa shape index (κ2) is 9.28. The minimum atomic E-state index is -0.107. The van der Waals surface area contributed by atoms with E-state index in [1.54, 1.807) is 17.0 Å². The summed E-state index contributed by atoms with van der Waals surface area (Å²) in [6, 6.07) is 15.0. The maximum atomic E-state index is 12.4. The van der Waals surface area contributed by atoms with Gasteiger partial charge in [-0.25, -0.2) is 4.98 Å². The van der Waals surface area contributed by atoms with Crippen LogP contribution in [0.2, 0.25) is 5.02 Å². The molecule has 1 amide bonds. The number of para-hydroxylation sites is 1. The van der Waals surface area contributed by atoms with Gasteiger partial charge in [-0.3, -0.25) is 14.2 Å². The molecule has 0 unspecified atom stereocenters. The van der Waals surface area contributed by atoms with Gasteiger partial charge >= 0.3 is 6.08 Å². The number of amides is 1. The highest BCUT2D eigenvalue weighted by molar-refractivity contribution is 7.14. The van der Waals surface area contributed by atoms with Crippen LogP contribution in [0.5, 0.6) is 6.08 Å². The predicted octanol–water partition coefficient (Wildman–Crippen LogP) is 5.67. The summed E-state index contributed by atoms with van der Waals surface area (Å²) in [4.78, 5) is 22.8. The van der Waals surface area contributed by atoms with Gasteiger partial charge in [0, 0.05) is 17.9 Å². The maximum Gasteiger partial charge on any atom is 0.418 e. The van der Waals surface area contributed by atoms with Crippen LogP contribution in [0.3, 0.4) is 0 Å². The van der Waals surface area contributed by atoms with E-state index in [2.05, 4.69) is 22.0 Å². The molecule has 4 aromatic rings. The summed E-state index contributed by atoms with van der Waals surface area (Å²) < 4.78 is 10.8. The molecule has 2 heterocycles. The third-order valence-corrected chi connectivity index (χ3v) is 5.73. The predicted molar refractivity (Wildman–Crippen MR) is 120 cm³/mol. The highest BCUT2D eigenvalue weighted by Gasteiger charge is 2.20. The number of nitrogens with zero attached hydrogens (tertiary/aromatic N) is 4. The van der Waals surface area contributed by atoms with Crippen molar-refractivity contribution >= 4 is 39.7 Å². The van der Waals surface area contributed by atoms with E-state index in [1.165, 1.54) is 18.3 Å². The normalized spacial score (nSPS) is 10.8. The Morgan fingerprint density at radius 3 is 2.71 bits per heavy atom. The Morgan fingerprint density at radius 2 is 1.94 bits per heavy atom. The number of benzene rings is 2. The summed E-state index contributed by atoms with van der Waals surface area (Å²) in [5.41, 5.74) is 3.22. The quantitative estimate of drug-likeness (QED) is 0.357. The average Bonchev–Trinajstić information content (AvgIpc) is 3.43. The van der Waals surface area contributed by atoms with Crippen molar-refractivity contribution in [3.63, 3.8) is 0 Å². The molecule has 0 atom stereocenters. The van der Waals surface area contributed by atoms with Crippen LogP contribution in [0, 0.1) is 0 Å². The second-order valence-corrected chi connectivity index (χ2v) is 7.85. The first-order valence-electron chi connectivity index (χ1n) is 9.61. The molecule has 0 aliphatic rings. The minimum absolute atomic E-state index is 0.0178. The van der Waals surface area contributed by atoms with Crippen molar-refractivity contribution in [3.05, 3.63) is 70.2 Å². The van der Waals surface area contributed by atoms with Gasteiger partial charge in [0.1, 0.15) is 6.61 Å². The molecule has 0 aliphatic carbocycles. The number of anilines is 2. The lowest BCUT2D eigenvalue weighted by molar-refractivity contribution is -0.115. The van der Waals surface area contributed by atoms with E-state index in [-0.39, 0.29) is 18.6 Å². The van der Waals surface area contributed by atoms with Crippen LogP contribution in [0.1, 0.15) is 25.1 Å². The number of hydrogen-bond acceptors (Lipinski definition) is 7. The molecule has 158 valence electrons. The Balaban J connectivity index is 1.49. The molecule has 0 fully saturated rings. The fourth-order valence-corrected chi connectivity index (χ4v) is 4.14. The maximum absolute atomic E-state index is 12.4. The van der Waals surface area contributed by atoms with Crippen LogP contribution in [-0.4, -0.2) is 21.0 Å². The summed E-state index contributed by atoms with van der Waals surface area (Å²) >= 11 is 7.54. The molecule has 4 rings (SSSR count). The number of carbonyl (C=O) groups is 1. The molecule has 31 heavy (non-hydrogen) atoms. The molecule has 0 radical (unpaired) electrons. The van der Waals surface area contributed by atoms with E-state index in [9.17, 15) is 4.79 Å². The van der Waals surface area contributed by atoms with Gasteiger partial charge in [-0.05, 0) is 30.2 Å². The third kappa shape index (κ3) is 4.60. The molecule has 0 aliphatic heterocycles. The van der Waals surface area contributed by atoms with Gasteiger partial charge in [-0.1, -0.05) is 54.0 Å². The first kappa shape index (κ1) is 21.0. The SMILES string of the molecule is CCc1ccccc1N(C(C)=O)c1nc(COc2nc(-c3ccccc3Cl)no2)cs1. The van der Waals surface area contributed by atoms with Gasteiger partial charge in [0.2, 0.25) is 11.7 Å². The van der Waals surface area contributed by atoms with Crippen LogP contribution in [0.4, 0.5) is 10.8 Å². The largest absolute Gasteiger partial charge is 0.442 e. The average molecular weight is 455 g/mol. The molecule has 0 saturated heterocycles. The topological polar surface area (TPSA) is 81.4 Å². The Bertz CT molecular complexity index is 1210. The molecule has 9 heteroatoms. The van der Waals surface area contributed by atoms with Crippen molar-refractivity contribution in [1.82, 2.24) is 15.1 Å². The van der Waals surface area contributed by atoms with Crippen LogP contribution in [0.25, 0.3) is 11.4 Å². The Morgan fingerprint density at radius 1 is 1.16 bits per heavy atom. The first-order valence-corrected chi connectivity index (χ1v) is 10.9. The van der Waals surface area contributed by atoms with E-state index >= 15 is 0 Å². The summed E-state index contributed by atoms with van der Waals surface area (Å²) in [6.07, 6.45) is 0.830. The summed E-state index contributed by atoms with van der Waals surface area (Å²) in [5.74, 6) is 0.238. The van der Waals surface area contributed by atoms with Crippen molar-refractivity contribution in [2.24, 2.45) is 0 Å².